The number of aliphatic hydroxyl groups excluding tert-OH is 2. The number of ketones is 1. The number of hydrogen-bond acceptors (Lipinski definition) is 15. The summed E-state index contributed by atoms with van der Waals surface area (Å²) in [6.45, 7) is 17.3. The lowest BCUT2D eigenvalue weighted by Crippen LogP contribution is -2.43. The Morgan fingerprint density at radius 2 is 1.69 bits per heavy atom. The van der Waals surface area contributed by atoms with Gasteiger partial charge in [-0.1, -0.05) is 45.9 Å². The minimum Gasteiger partial charge on any atom is -0.507 e. The Bertz CT molecular complexity index is 2490. The molecule has 8 rings (SSSR count). The zero-order chi connectivity index (χ0) is 48.5. The quantitative estimate of drug-likeness (QED) is 0.162. The molecule has 0 aliphatic carbocycles. The Labute approximate surface area is 391 Å². The predicted molar refractivity (Wildman–Crippen MR) is 250 cm³/mol. The van der Waals surface area contributed by atoms with Crippen molar-refractivity contribution in [3.63, 3.8) is 0 Å². The van der Waals surface area contributed by atoms with E-state index in [1.807, 2.05) is 7.05 Å². The summed E-state index contributed by atoms with van der Waals surface area (Å²) in [5.41, 5.74) is -0.568. The number of amides is 2. The molecule has 2 unspecified atom stereocenters. The van der Waals surface area contributed by atoms with Gasteiger partial charge in [-0.05, 0) is 58.7 Å². The van der Waals surface area contributed by atoms with Crippen LogP contribution in [0.15, 0.2) is 46.1 Å². The van der Waals surface area contributed by atoms with Crippen LogP contribution in [0.5, 0.6) is 17.2 Å². The molecule has 6 heterocycles. The lowest BCUT2D eigenvalue weighted by Gasteiger charge is -2.36. The third-order valence-corrected chi connectivity index (χ3v) is 14.0. The first kappa shape index (κ1) is 49.5. The number of anilines is 1. The predicted octanol–water partition coefficient (Wildman–Crippen LogP) is 4.17. The molecule has 1 spiro atoms. The maximum Gasteiger partial charge on any atom is 0.315 e. The van der Waals surface area contributed by atoms with E-state index in [9.17, 15) is 39.6 Å². The molecule has 67 heavy (non-hydrogen) atoms. The van der Waals surface area contributed by atoms with Gasteiger partial charge in [0.1, 0.15) is 35.1 Å². The number of phenols is 2. The van der Waals surface area contributed by atoms with Gasteiger partial charge in [-0.2, -0.15) is 0 Å². The molecule has 0 aromatic heterocycles. The Balaban J connectivity index is 1.25. The number of aromatic hydroxyl groups is 2. The zero-order valence-corrected chi connectivity index (χ0v) is 40.1. The van der Waals surface area contributed by atoms with E-state index in [-0.39, 0.29) is 80.5 Å². The molecule has 2 aromatic carbocycles. The van der Waals surface area contributed by atoms with Crippen LogP contribution in [0.3, 0.4) is 0 Å². The monoisotopic (exact) mass is 928 g/mol. The summed E-state index contributed by atoms with van der Waals surface area (Å²) in [5, 5.41) is 49.9. The molecular formula is C50H68N6O11. The number of nitrogens with one attached hydrogen (secondary N) is 1. The number of Topliss-reactive ketones (excluding diaryl/α,β-unsaturated/α-hetero) is 1. The second kappa shape index (κ2) is 20.1. The van der Waals surface area contributed by atoms with Crippen LogP contribution < -0.4 is 20.8 Å². The minimum atomic E-state index is -1.93. The summed E-state index contributed by atoms with van der Waals surface area (Å²) in [6, 6.07) is 0. The van der Waals surface area contributed by atoms with Gasteiger partial charge in [-0.3, -0.25) is 29.2 Å². The number of esters is 1. The number of fused-ring (bicyclic) bond motifs is 13. The molecule has 17 nitrogen and oxygen atoms in total. The number of piperidine rings is 1. The van der Waals surface area contributed by atoms with Crippen LogP contribution in [-0.4, -0.2) is 141 Å². The summed E-state index contributed by atoms with van der Waals surface area (Å²) < 4.78 is 18.3. The Hall–Kier alpha value is -5.36. The van der Waals surface area contributed by atoms with E-state index < -0.39 is 71.4 Å². The van der Waals surface area contributed by atoms with Gasteiger partial charge < -0.3 is 54.7 Å². The van der Waals surface area contributed by atoms with E-state index in [0.717, 1.165) is 19.5 Å². The molecule has 2 saturated heterocycles. The van der Waals surface area contributed by atoms with Crippen molar-refractivity contribution in [2.75, 3.05) is 58.2 Å². The topological polar surface area (TPSA) is 223 Å². The fraction of sp³-hybridized carbons (Fsp3) is 0.600. The van der Waals surface area contributed by atoms with Gasteiger partial charge in [-0.25, -0.2) is 0 Å². The normalized spacial score (nSPS) is 29.3. The Morgan fingerprint density at radius 3 is 2.40 bits per heavy atom. The highest BCUT2D eigenvalue weighted by Gasteiger charge is 2.50. The van der Waals surface area contributed by atoms with Crippen molar-refractivity contribution < 1.29 is 53.8 Å². The molecule has 6 aliphatic rings. The van der Waals surface area contributed by atoms with Crippen LogP contribution in [0.4, 0.5) is 5.69 Å². The van der Waals surface area contributed by atoms with E-state index in [2.05, 4.69) is 29.0 Å². The number of allylic oxidation sites excluding steroid dienone is 3. The summed E-state index contributed by atoms with van der Waals surface area (Å²) in [4.78, 5) is 71.6. The molecule has 364 valence electrons. The first-order chi connectivity index (χ1) is 31.7. The highest BCUT2D eigenvalue weighted by Crippen LogP contribution is 2.50. The number of hydrogen-bond donors (Lipinski definition) is 5. The molecule has 5 N–H and O–H groups in total. The number of phenolic OH excluding ortho intramolecular Hbond substituents is 2. The number of rotatable bonds is 5. The van der Waals surface area contributed by atoms with Crippen molar-refractivity contribution >= 4 is 40.0 Å². The van der Waals surface area contributed by atoms with E-state index >= 15 is 0 Å². The number of benzene rings is 2. The van der Waals surface area contributed by atoms with Crippen LogP contribution in [0.25, 0.3) is 10.8 Å². The third-order valence-electron chi connectivity index (χ3n) is 14.0. The molecule has 0 saturated carbocycles. The number of aliphatic hydroxyl groups is 2. The van der Waals surface area contributed by atoms with E-state index in [4.69, 9.17) is 24.2 Å². The minimum absolute atomic E-state index is 0.0439. The van der Waals surface area contributed by atoms with Crippen molar-refractivity contribution in [2.45, 2.75) is 123 Å². The summed E-state index contributed by atoms with van der Waals surface area (Å²) in [5.74, 6) is -5.65. The number of nitrogens with zero attached hydrogens (tertiary/aromatic N) is 5. The largest absolute Gasteiger partial charge is 0.507 e. The first-order valence-electron chi connectivity index (χ1n) is 23.7. The van der Waals surface area contributed by atoms with Crippen LogP contribution in [-0.2, 0) is 23.9 Å². The smallest absolute Gasteiger partial charge is 0.315 e. The molecular weight excluding hydrogens is 861 g/mol. The Morgan fingerprint density at radius 1 is 0.970 bits per heavy atom. The number of carbonyl (C=O) groups excluding carboxylic acids is 4. The van der Waals surface area contributed by atoms with E-state index in [1.165, 1.54) is 13.2 Å². The van der Waals surface area contributed by atoms with Crippen molar-refractivity contribution in [1.29, 1.82) is 0 Å². The van der Waals surface area contributed by atoms with Gasteiger partial charge in [0.05, 0.1) is 34.8 Å². The van der Waals surface area contributed by atoms with Gasteiger partial charge in [-0.15, -0.1) is 0 Å². The summed E-state index contributed by atoms with van der Waals surface area (Å²) in [6.07, 6.45) is 6.61. The highest BCUT2D eigenvalue weighted by molar-refractivity contribution is 6.19. The van der Waals surface area contributed by atoms with Gasteiger partial charge >= 0.3 is 11.8 Å². The SMILES string of the molecule is C/C1=C/C=C/C(C)[C@H](O)CC(O)[C@@H](C)[C@H](OC(=O)CC(=O)N2CCCN(C)CC2)CC/C=C/O[C@@]2(C)Oc3c(C)c(O)c4c(O)c(c5c(c4c3C2=O)=NC2(CCN(CC(C)C)CC2)N=5)NC1=O. The maximum absolute atomic E-state index is 14.7. The fourth-order valence-corrected chi connectivity index (χ4v) is 9.67. The zero-order valence-electron chi connectivity index (χ0n) is 40.1. The molecule has 6 aliphatic heterocycles. The average Bonchev–Trinajstić information content (AvgIpc) is 3.67. The molecule has 2 amide bonds. The molecule has 2 aromatic rings. The van der Waals surface area contributed by atoms with Crippen molar-refractivity contribution in [1.82, 2.24) is 14.7 Å². The van der Waals surface area contributed by atoms with Crippen molar-refractivity contribution in [3.8, 4) is 17.2 Å². The van der Waals surface area contributed by atoms with Gasteiger partial charge in [0.15, 0.2) is 11.4 Å². The van der Waals surface area contributed by atoms with Gasteiger partial charge in [0.2, 0.25) is 5.91 Å². The molecule has 0 radical (unpaired) electrons. The van der Waals surface area contributed by atoms with Crippen molar-refractivity contribution in [3.05, 3.63) is 58.0 Å². The fourth-order valence-electron chi connectivity index (χ4n) is 9.67. The standard InChI is InChI=1S/C50H68N6O11/c1-28(2)27-55-20-16-50(17-21-55)52-41-38-39-44(61)32(6)46-40(38)47(63)49(7,67-46)65-24-10-9-15-35(66-37(60)26-36(59)56-19-12-18-54(8)22-23-56)31(5)34(58)25-33(57)29(3)13-11-14-30(4)48(64)51-43(45(39)62)42(41)53-50/h10-11,13-14,24,28-29,31,33-35,57-58,61-62H,9,12,15-23,25-27H2,1-8H3,(H,51,64)/b13-11+,24-10+,30-14-/t29?,31-,33-,34?,35-,49+/m1/s1. The number of ether oxygens (including phenoxy) is 3. The number of likely N-dealkylation sites (N-methyl/N-ethyl adjacent to an activating group) is 1. The van der Waals surface area contributed by atoms with Crippen molar-refractivity contribution in [2.24, 2.45) is 27.7 Å². The number of carbonyl (C=O) groups is 4. The third kappa shape index (κ3) is 10.4. The van der Waals surface area contributed by atoms with Crippen LogP contribution in [0, 0.1) is 24.7 Å². The van der Waals surface area contributed by atoms with Crippen LogP contribution >= 0.6 is 0 Å². The lowest BCUT2D eigenvalue weighted by atomic mass is 9.88. The average molecular weight is 929 g/mol. The molecule has 2 fully saturated rings. The molecule has 17 heteroatoms. The summed E-state index contributed by atoms with van der Waals surface area (Å²) >= 11 is 0. The van der Waals surface area contributed by atoms with Gasteiger partial charge in [0.25, 0.3) is 11.7 Å². The Kier molecular flexibility index (Phi) is 14.8. The van der Waals surface area contributed by atoms with E-state index in [0.29, 0.717) is 51.5 Å². The van der Waals surface area contributed by atoms with Crippen LogP contribution in [0.1, 0.15) is 102 Å². The number of likely N-dealkylation sites (tertiary alicyclic amines) is 1. The van der Waals surface area contributed by atoms with Gasteiger partial charge in [0, 0.05) is 93.8 Å². The van der Waals surface area contributed by atoms with E-state index in [1.54, 1.807) is 56.9 Å². The molecule has 6 atom stereocenters. The summed E-state index contributed by atoms with van der Waals surface area (Å²) in [7, 11) is 1.99. The maximum atomic E-state index is 14.7. The van der Waals surface area contributed by atoms with Crippen LogP contribution in [0.2, 0.25) is 0 Å². The second-order valence-electron chi connectivity index (χ2n) is 19.7. The highest BCUT2D eigenvalue weighted by atomic mass is 16.7. The first-order valence-corrected chi connectivity index (χ1v) is 23.7. The second-order valence-corrected chi connectivity index (χ2v) is 19.7. The molecule has 5 bridgehead atoms. The lowest BCUT2D eigenvalue weighted by molar-refractivity contribution is -0.158.